The van der Waals surface area contributed by atoms with Crippen molar-refractivity contribution in [3.63, 3.8) is 0 Å². The summed E-state index contributed by atoms with van der Waals surface area (Å²) in [5, 5.41) is 2.69. The smallest absolute Gasteiger partial charge is 0.428 e. The summed E-state index contributed by atoms with van der Waals surface area (Å²) in [5.41, 5.74) is 0. The van der Waals surface area contributed by atoms with E-state index in [0.29, 0.717) is 10.6 Å². The van der Waals surface area contributed by atoms with E-state index in [1.165, 1.54) is 11.3 Å². The van der Waals surface area contributed by atoms with Crippen LogP contribution < -0.4 is 10.1 Å². The Balaban J connectivity index is 1.80. The molecule has 7 heteroatoms. The first-order valence-electron chi connectivity index (χ1n) is 6.92. The summed E-state index contributed by atoms with van der Waals surface area (Å²) in [6.07, 6.45) is -1.53. The van der Waals surface area contributed by atoms with Crippen molar-refractivity contribution in [2.45, 2.75) is 13.0 Å². The van der Waals surface area contributed by atoms with E-state index in [2.05, 4.69) is 5.32 Å². The normalized spacial score (nSPS) is 11.6. The molecular weight excluding hydrogens is 338 g/mol. The Labute approximate surface area is 143 Å². The standard InChI is InChI=1S/C16H16ClNO4S/c1-11-7-8-14(23-11)15(19)18-10-13(9-17)22-16(20)21-12-5-3-2-4-6-12/h2-8,13H,9-10H2,1H3,(H,18,19). The third-order valence-electron chi connectivity index (χ3n) is 2.83. The third kappa shape index (κ3) is 5.58. The molecule has 23 heavy (non-hydrogen) atoms. The zero-order valence-corrected chi connectivity index (χ0v) is 14.0. The van der Waals surface area contributed by atoms with Crippen LogP contribution >= 0.6 is 22.9 Å². The van der Waals surface area contributed by atoms with Crippen molar-refractivity contribution in [3.8, 4) is 5.75 Å². The van der Waals surface area contributed by atoms with E-state index in [9.17, 15) is 9.59 Å². The van der Waals surface area contributed by atoms with Gasteiger partial charge in [0.25, 0.3) is 5.91 Å². The van der Waals surface area contributed by atoms with Gasteiger partial charge in [-0.2, -0.15) is 0 Å². The average molecular weight is 354 g/mol. The van der Waals surface area contributed by atoms with E-state index in [-0.39, 0.29) is 18.3 Å². The maximum atomic E-state index is 11.9. The maximum Gasteiger partial charge on any atom is 0.514 e. The number of hydrogen-bond acceptors (Lipinski definition) is 5. The number of halogens is 1. The molecule has 2 aromatic rings. The molecule has 1 aromatic heterocycles. The molecule has 0 radical (unpaired) electrons. The third-order valence-corrected chi connectivity index (χ3v) is 4.18. The van der Waals surface area contributed by atoms with Gasteiger partial charge in [-0.1, -0.05) is 18.2 Å². The van der Waals surface area contributed by atoms with Crippen LogP contribution in [0.25, 0.3) is 0 Å². The number of carbonyl (C=O) groups is 2. The summed E-state index contributed by atoms with van der Waals surface area (Å²) in [7, 11) is 0. The molecule has 1 amide bonds. The van der Waals surface area contributed by atoms with E-state index in [4.69, 9.17) is 21.1 Å². The van der Waals surface area contributed by atoms with Crippen molar-refractivity contribution in [2.75, 3.05) is 12.4 Å². The predicted octanol–water partition coefficient (Wildman–Crippen LogP) is 3.61. The Morgan fingerprint density at radius 1 is 1.22 bits per heavy atom. The maximum absolute atomic E-state index is 11.9. The van der Waals surface area contributed by atoms with Crippen molar-refractivity contribution in [2.24, 2.45) is 0 Å². The highest BCUT2D eigenvalue weighted by Gasteiger charge is 2.17. The van der Waals surface area contributed by atoms with Gasteiger partial charge in [-0.25, -0.2) is 4.79 Å². The minimum absolute atomic E-state index is 0.0492. The molecule has 0 saturated heterocycles. The van der Waals surface area contributed by atoms with Gasteiger partial charge in [-0.3, -0.25) is 4.79 Å². The summed E-state index contributed by atoms with van der Waals surface area (Å²) >= 11 is 7.16. The fraction of sp³-hybridized carbons (Fsp3) is 0.250. The number of hydrogen-bond donors (Lipinski definition) is 1. The quantitative estimate of drug-likeness (QED) is 0.489. The molecule has 0 aliphatic carbocycles. The molecule has 0 aliphatic rings. The first-order valence-corrected chi connectivity index (χ1v) is 8.27. The molecule has 1 aromatic carbocycles. The second kappa shape index (κ2) is 8.55. The van der Waals surface area contributed by atoms with E-state index in [1.54, 1.807) is 30.3 Å². The van der Waals surface area contributed by atoms with Crippen molar-refractivity contribution in [3.05, 3.63) is 52.2 Å². The van der Waals surface area contributed by atoms with Crippen LogP contribution in [0.2, 0.25) is 0 Å². The van der Waals surface area contributed by atoms with Gasteiger partial charge in [-0.15, -0.1) is 22.9 Å². The van der Waals surface area contributed by atoms with Crippen LogP contribution in [-0.4, -0.2) is 30.6 Å². The van der Waals surface area contributed by atoms with Gasteiger partial charge < -0.3 is 14.8 Å². The second-order valence-electron chi connectivity index (χ2n) is 4.68. The topological polar surface area (TPSA) is 64.6 Å². The molecule has 0 bridgehead atoms. The summed E-state index contributed by atoms with van der Waals surface area (Å²) in [5.74, 6) is 0.204. The molecule has 5 nitrogen and oxygen atoms in total. The monoisotopic (exact) mass is 353 g/mol. The largest absolute Gasteiger partial charge is 0.514 e. The van der Waals surface area contributed by atoms with Gasteiger partial charge in [-0.05, 0) is 31.2 Å². The number of carbonyl (C=O) groups excluding carboxylic acids is 2. The fourth-order valence-electron chi connectivity index (χ4n) is 1.72. The molecule has 1 unspecified atom stereocenters. The van der Waals surface area contributed by atoms with E-state index in [0.717, 1.165) is 4.88 Å². The number of rotatable bonds is 6. The zero-order valence-electron chi connectivity index (χ0n) is 12.5. The minimum Gasteiger partial charge on any atom is -0.428 e. The predicted molar refractivity (Wildman–Crippen MR) is 89.4 cm³/mol. The number of ether oxygens (including phenoxy) is 2. The van der Waals surface area contributed by atoms with Crippen LogP contribution in [-0.2, 0) is 4.74 Å². The highest BCUT2D eigenvalue weighted by atomic mass is 35.5. The van der Waals surface area contributed by atoms with E-state index < -0.39 is 12.3 Å². The second-order valence-corrected chi connectivity index (χ2v) is 6.28. The van der Waals surface area contributed by atoms with Crippen LogP contribution in [0.4, 0.5) is 4.79 Å². The highest BCUT2D eigenvalue weighted by Crippen LogP contribution is 2.15. The van der Waals surface area contributed by atoms with Crippen LogP contribution in [0.5, 0.6) is 5.75 Å². The highest BCUT2D eigenvalue weighted by molar-refractivity contribution is 7.13. The lowest BCUT2D eigenvalue weighted by atomic mass is 10.3. The molecule has 0 aliphatic heterocycles. The molecular formula is C16H16ClNO4S. The van der Waals surface area contributed by atoms with Gasteiger partial charge in [0, 0.05) is 4.88 Å². The number of benzene rings is 1. The first kappa shape index (κ1) is 17.3. The van der Waals surface area contributed by atoms with Crippen LogP contribution in [0.1, 0.15) is 14.5 Å². The summed E-state index contributed by atoms with van der Waals surface area (Å²) in [6, 6.07) is 12.2. The van der Waals surface area contributed by atoms with Crippen LogP contribution in [0.15, 0.2) is 42.5 Å². The minimum atomic E-state index is -0.858. The van der Waals surface area contributed by atoms with Gasteiger partial charge in [0.15, 0.2) is 0 Å². The van der Waals surface area contributed by atoms with Crippen molar-refractivity contribution < 1.29 is 19.1 Å². The number of aryl methyl sites for hydroxylation is 1. The van der Waals surface area contributed by atoms with E-state index in [1.807, 2.05) is 19.1 Å². The van der Waals surface area contributed by atoms with Crippen LogP contribution in [0.3, 0.4) is 0 Å². The van der Waals surface area contributed by atoms with Crippen molar-refractivity contribution in [1.29, 1.82) is 0 Å². The summed E-state index contributed by atoms with van der Waals surface area (Å²) in [4.78, 5) is 25.3. The summed E-state index contributed by atoms with van der Waals surface area (Å²) in [6.45, 7) is 2.04. The zero-order chi connectivity index (χ0) is 16.7. The van der Waals surface area contributed by atoms with Crippen molar-refractivity contribution in [1.82, 2.24) is 5.32 Å². The average Bonchev–Trinajstić information content (AvgIpc) is 2.98. The molecule has 122 valence electrons. The van der Waals surface area contributed by atoms with Crippen LogP contribution in [0, 0.1) is 6.92 Å². The van der Waals surface area contributed by atoms with E-state index >= 15 is 0 Å². The first-order chi connectivity index (χ1) is 11.1. The van der Waals surface area contributed by atoms with Gasteiger partial charge in [0.1, 0.15) is 11.9 Å². The number of thiophene rings is 1. The molecule has 2 rings (SSSR count). The van der Waals surface area contributed by atoms with Crippen molar-refractivity contribution >= 4 is 35.0 Å². The number of alkyl halides is 1. The Morgan fingerprint density at radius 2 is 1.96 bits per heavy atom. The Morgan fingerprint density at radius 3 is 2.57 bits per heavy atom. The molecule has 1 heterocycles. The Kier molecular flexibility index (Phi) is 6.43. The van der Waals surface area contributed by atoms with Gasteiger partial charge >= 0.3 is 6.16 Å². The lowest BCUT2D eigenvalue weighted by Crippen LogP contribution is -2.36. The molecule has 0 saturated carbocycles. The number of nitrogens with one attached hydrogen (secondary N) is 1. The Bertz CT molecular complexity index is 659. The molecule has 0 fully saturated rings. The van der Waals surface area contributed by atoms with Gasteiger partial charge in [0.05, 0.1) is 17.3 Å². The lowest BCUT2D eigenvalue weighted by Gasteiger charge is -2.15. The fourth-order valence-corrected chi connectivity index (χ4v) is 2.68. The lowest BCUT2D eigenvalue weighted by molar-refractivity contribution is 0.0638. The summed E-state index contributed by atoms with van der Waals surface area (Å²) < 4.78 is 10.1. The number of amides is 1. The SMILES string of the molecule is Cc1ccc(C(=O)NCC(CCl)OC(=O)Oc2ccccc2)s1. The molecule has 1 atom stereocenters. The molecule has 0 spiro atoms. The Hall–Kier alpha value is -2.05. The molecule has 1 N–H and O–H groups in total. The van der Waals surface area contributed by atoms with Gasteiger partial charge in [0.2, 0.25) is 0 Å². The number of para-hydroxylation sites is 1.